The lowest BCUT2D eigenvalue weighted by molar-refractivity contribution is -0.127. The number of methoxy groups -OCH3 is 1. The molecule has 0 saturated carbocycles. The van der Waals surface area contributed by atoms with Crippen LogP contribution in [0.25, 0.3) is 0 Å². The molecule has 4 rings (SSSR count). The maximum Gasteiger partial charge on any atom is 0.224 e. The van der Waals surface area contributed by atoms with Crippen molar-refractivity contribution in [2.45, 2.75) is 37.8 Å². The minimum atomic E-state index is 0.270. The minimum absolute atomic E-state index is 0.270. The second-order valence-electron chi connectivity index (χ2n) is 7.38. The number of benzene rings is 2. The van der Waals surface area contributed by atoms with E-state index >= 15 is 0 Å². The minimum Gasteiger partial charge on any atom is -0.497 e. The molecule has 2 aliphatic rings. The van der Waals surface area contributed by atoms with E-state index in [0.717, 1.165) is 38.1 Å². The first-order chi connectivity index (χ1) is 12.7. The van der Waals surface area contributed by atoms with Crippen LogP contribution < -0.4 is 10.1 Å². The summed E-state index contributed by atoms with van der Waals surface area (Å²) in [6.07, 6.45) is 3.66. The molecule has 0 bridgehead atoms. The molecule has 1 atom stereocenters. The fraction of sp³-hybridized carbons (Fsp3) is 0.409. The van der Waals surface area contributed by atoms with Gasteiger partial charge in [0.25, 0.3) is 0 Å². The maximum atomic E-state index is 12.4. The molecule has 0 spiro atoms. The lowest BCUT2D eigenvalue weighted by Gasteiger charge is -2.20. The summed E-state index contributed by atoms with van der Waals surface area (Å²) in [6.45, 7) is 1.61. The van der Waals surface area contributed by atoms with Crippen LogP contribution in [0.15, 0.2) is 48.5 Å². The number of nitrogens with zero attached hydrogens (tertiary/aromatic N) is 1. The Morgan fingerprint density at radius 3 is 2.35 bits per heavy atom. The lowest BCUT2D eigenvalue weighted by atomic mass is 10.1. The third kappa shape index (κ3) is 3.75. The van der Waals surface area contributed by atoms with Crippen LogP contribution in [0.3, 0.4) is 0 Å². The Bertz CT molecular complexity index is 747. The number of ether oxygens (including phenoxy) is 1. The third-order valence-corrected chi connectivity index (χ3v) is 5.57. The fourth-order valence-corrected chi connectivity index (χ4v) is 4.17. The number of amides is 1. The Balaban J connectivity index is 1.27. The van der Waals surface area contributed by atoms with Crippen molar-refractivity contribution in [1.29, 1.82) is 0 Å². The van der Waals surface area contributed by atoms with Gasteiger partial charge in [-0.2, -0.15) is 0 Å². The third-order valence-electron chi connectivity index (χ3n) is 5.57. The molecule has 1 aliphatic heterocycles. The second-order valence-corrected chi connectivity index (χ2v) is 7.38. The largest absolute Gasteiger partial charge is 0.497 e. The molecular formula is C22H26N2O2. The molecule has 26 heavy (non-hydrogen) atoms. The van der Waals surface area contributed by atoms with Crippen molar-refractivity contribution < 1.29 is 9.53 Å². The first-order valence-electron chi connectivity index (χ1n) is 9.45. The van der Waals surface area contributed by atoms with E-state index in [4.69, 9.17) is 4.74 Å². The van der Waals surface area contributed by atoms with Gasteiger partial charge in [0.2, 0.25) is 5.91 Å². The summed E-state index contributed by atoms with van der Waals surface area (Å²) in [6, 6.07) is 17.5. The summed E-state index contributed by atoms with van der Waals surface area (Å²) in [5, 5.41) is 3.72. The van der Waals surface area contributed by atoms with Crippen molar-refractivity contribution in [3.05, 3.63) is 65.2 Å². The second kappa shape index (κ2) is 7.50. The summed E-state index contributed by atoms with van der Waals surface area (Å²) in [5.74, 6) is 1.14. The predicted octanol–water partition coefficient (Wildman–Crippen LogP) is 2.60. The van der Waals surface area contributed by atoms with E-state index in [9.17, 15) is 4.79 Å². The van der Waals surface area contributed by atoms with Crippen LogP contribution in [0, 0.1) is 0 Å². The highest BCUT2D eigenvalue weighted by Crippen LogP contribution is 2.23. The maximum absolute atomic E-state index is 12.4. The van der Waals surface area contributed by atoms with Crippen LogP contribution in [0.1, 0.15) is 23.1 Å². The monoisotopic (exact) mass is 350 g/mol. The molecule has 0 radical (unpaired) electrons. The van der Waals surface area contributed by atoms with Crippen molar-refractivity contribution in [2.75, 3.05) is 20.2 Å². The number of carbonyl (C=O) groups is 1. The normalized spacial score (nSPS) is 19.8. The van der Waals surface area contributed by atoms with Crippen molar-refractivity contribution >= 4 is 5.91 Å². The summed E-state index contributed by atoms with van der Waals surface area (Å²) >= 11 is 0. The Hall–Kier alpha value is -2.33. The highest BCUT2D eigenvalue weighted by molar-refractivity contribution is 5.79. The number of hydrogen-bond acceptors (Lipinski definition) is 3. The predicted molar refractivity (Wildman–Crippen MR) is 102 cm³/mol. The molecule has 4 heteroatoms. The van der Waals surface area contributed by atoms with Gasteiger partial charge in [-0.1, -0.05) is 36.4 Å². The van der Waals surface area contributed by atoms with Crippen molar-refractivity contribution in [2.24, 2.45) is 0 Å². The number of carbonyl (C=O) groups excluding carboxylic acids is 1. The molecule has 2 aromatic rings. The van der Waals surface area contributed by atoms with E-state index in [1.807, 2.05) is 17.0 Å². The van der Waals surface area contributed by atoms with Gasteiger partial charge in [-0.25, -0.2) is 0 Å². The topological polar surface area (TPSA) is 41.6 Å². The van der Waals surface area contributed by atoms with Gasteiger partial charge < -0.3 is 15.0 Å². The van der Waals surface area contributed by atoms with E-state index in [1.165, 1.54) is 16.7 Å². The van der Waals surface area contributed by atoms with Crippen molar-refractivity contribution in [1.82, 2.24) is 10.2 Å². The van der Waals surface area contributed by atoms with Gasteiger partial charge in [-0.15, -0.1) is 0 Å². The first-order valence-corrected chi connectivity index (χ1v) is 9.45. The summed E-state index contributed by atoms with van der Waals surface area (Å²) in [7, 11) is 1.67. The molecule has 0 aromatic heterocycles. The molecule has 1 saturated heterocycles. The van der Waals surface area contributed by atoms with Crippen LogP contribution in [-0.4, -0.2) is 43.1 Å². The van der Waals surface area contributed by atoms with Gasteiger partial charge in [0, 0.05) is 31.6 Å². The molecule has 4 nitrogen and oxygen atoms in total. The van der Waals surface area contributed by atoms with Crippen LogP contribution in [-0.2, 0) is 24.1 Å². The molecule has 136 valence electrons. The van der Waals surface area contributed by atoms with Crippen molar-refractivity contribution in [3.63, 3.8) is 0 Å². The van der Waals surface area contributed by atoms with Gasteiger partial charge >= 0.3 is 0 Å². The standard InChI is InChI=1S/C22H26N2O2/c1-26-21-8-6-16(7-9-21)10-11-24-15-20(14-22(24)25)23-19-12-17-4-2-3-5-18(17)13-19/h2-9,19-20,23H,10-15H2,1H3. The van der Waals surface area contributed by atoms with Gasteiger partial charge in [0.05, 0.1) is 7.11 Å². The van der Waals surface area contributed by atoms with Crippen LogP contribution in [0.2, 0.25) is 0 Å². The van der Waals surface area contributed by atoms with Crippen molar-refractivity contribution in [3.8, 4) is 5.75 Å². The number of likely N-dealkylation sites (tertiary alicyclic amines) is 1. The molecule has 1 amide bonds. The van der Waals surface area contributed by atoms with E-state index in [-0.39, 0.29) is 11.9 Å². The molecule has 1 N–H and O–H groups in total. The smallest absolute Gasteiger partial charge is 0.224 e. The molecule has 2 aromatic carbocycles. The zero-order valence-corrected chi connectivity index (χ0v) is 15.3. The highest BCUT2D eigenvalue weighted by Gasteiger charge is 2.32. The number of fused-ring (bicyclic) bond motifs is 1. The number of rotatable bonds is 6. The quantitative estimate of drug-likeness (QED) is 0.871. The molecular weight excluding hydrogens is 324 g/mol. The Labute approximate surface area is 155 Å². The van der Waals surface area contributed by atoms with E-state index in [2.05, 4.69) is 41.7 Å². The van der Waals surface area contributed by atoms with E-state index in [0.29, 0.717) is 12.5 Å². The SMILES string of the molecule is COc1ccc(CCN2CC(NC3Cc4ccccc4C3)CC2=O)cc1. The molecule has 1 fully saturated rings. The van der Waals surface area contributed by atoms with Gasteiger partial charge in [0.1, 0.15) is 5.75 Å². The average molecular weight is 350 g/mol. The Morgan fingerprint density at radius 2 is 1.69 bits per heavy atom. The van der Waals surface area contributed by atoms with E-state index < -0.39 is 0 Å². The Kier molecular flexibility index (Phi) is 4.93. The van der Waals surface area contributed by atoms with Crippen LogP contribution in [0.4, 0.5) is 0 Å². The first kappa shape index (κ1) is 17.1. The van der Waals surface area contributed by atoms with Gasteiger partial charge in [-0.3, -0.25) is 4.79 Å². The Morgan fingerprint density at radius 1 is 1.00 bits per heavy atom. The summed E-state index contributed by atoms with van der Waals surface area (Å²) < 4.78 is 5.19. The zero-order valence-electron chi connectivity index (χ0n) is 15.3. The summed E-state index contributed by atoms with van der Waals surface area (Å²) in [4.78, 5) is 14.4. The van der Waals surface area contributed by atoms with E-state index in [1.54, 1.807) is 7.11 Å². The molecule has 1 unspecified atom stereocenters. The summed E-state index contributed by atoms with van der Waals surface area (Å²) in [5.41, 5.74) is 4.14. The van der Waals surface area contributed by atoms with Crippen LogP contribution in [0.5, 0.6) is 5.75 Å². The number of hydrogen-bond donors (Lipinski definition) is 1. The average Bonchev–Trinajstić information content (AvgIpc) is 3.22. The lowest BCUT2D eigenvalue weighted by Crippen LogP contribution is -2.40. The highest BCUT2D eigenvalue weighted by atomic mass is 16.5. The van der Waals surface area contributed by atoms with Gasteiger partial charge in [0.15, 0.2) is 0 Å². The zero-order chi connectivity index (χ0) is 17.9. The molecule has 1 aliphatic carbocycles. The van der Waals surface area contributed by atoms with Crippen LogP contribution >= 0.6 is 0 Å². The molecule has 1 heterocycles. The fourth-order valence-electron chi connectivity index (χ4n) is 4.17. The number of nitrogens with one attached hydrogen (secondary N) is 1. The van der Waals surface area contributed by atoms with Gasteiger partial charge in [-0.05, 0) is 48.1 Å².